The lowest BCUT2D eigenvalue weighted by atomic mass is 9.80. The van der Waals surface area contributed by atoms with Crippen LogP contribution in [-0.4, -0.2) is 34.1 Å². The van der Waals surface area contributed by atoms with E-state index >= 15 is 0 Å². The summed E-state index contributed by atoms with van der Waals surface area (Å²) in [5, 5.41) is 25.9. The Morgan fingerprint density at radius 3 is 1.91 bits per heavy atom. The van der Waals surface area contributed by atoms with E-state index in [1.54, 1.807) is 36.4 Å². The topological polar surface area (TPSA) is 121 Å². The molecular weight excluding hydrogens is 297 g/mol. The zero-order valence-corrected chi connectivity index (χ0v) is 12.2. The fourth-order valence-electron chi connectivity index (χ4n) is 1.55. The smallest absolute Gasteiger partial charge is 0.478 e. The maximum Gasteiger partial charge on any atom is 0.488 e. The van der Waals surface area contributed by atoms with Crippen LogP contribution in [0.4, 0.5) is 0 Å². The Balaban J connectivity index is 0.000000253. The molecule has 2 rings (SSSR count). The molecule has 0 aliphatic carbocycles. The molecule has 0 radical (unpaired) electrons. The second-order valence-corrected chi connectivity index (χ2v) is 4.44. The van der Waals surface area contributed by atoms with E-state index in [0.29, 0.717) is 16.6 Å². The van der Waals surface area contributed by atoms with Gasteiger partial charge in [-0.3, -0.25) is 4.79 Å². The van der Waals surface area contributed by atoms with E-state index < -0.39 is 13.1 Å². The molecule has 0 aliphatic heterocycles. The summed E-state index contributed by atoms with van der Waals surface area (Å²) in [6, 6.07) is 15.0. The van der Waals surface area contributed by atoms with Crippen molar-refractivity contribution in [2.24, 2.45) is 5.73 Å². The summed E-state index contributed by atoms with van der Waals surface area (Å²) < 4.78 is 0. The van der Waals surface area contributed by atoms with E-state index in [2.05, 4.69) is 0 Å². The van der Waals surface area contributed by atoms with E-state index in [9.17, 15) is 9.59 Å². The van der Waals surface area contributed by atoms with Gasteiger partial charge in [0.25, 0.3) is 0 Å². The molecule has 0 aliphatic rings. The van der Waals surface area contributed by atoms with Gasteiger partial charge in [0.1, 0.15) is 0 Å². The molecule has 0 atom stereocenters. The molecular formula is C16H16BNO5. The number of carbonyl (C=O) groups is 2. The maximum absolute atomic E-state index is 10.4. The Morgan fingerprint density at radius 2 is 1.52 bits per heavy atom. The van der Waals surface area contributed by atoms with Gasteiger partial charge in [0.15, 0.2) is 0 Å². The third-order valence-electron chi connectivity index (χ3n) is 2.71. The van der Waals surface area contributed by atoms with Gasteiger partial charge < -0.3 is 20.9 Å². The Bertz CT molecular complexity index is 669. The Labute approximate surface area is 133 Å². The van der Waals surface area contributed by atoms with E-state index in [1.165, 1.54) is 18.2 Å². The third-order valence-corrected chi connectivity index (χ3v) is 2.71. The van der Waals surface area contributed by atoms with Gasteiger partial charge in [-0.1, -0.05) is 42.5 Å². The van der Waals surface area contributed by atoms with E-state index in [0.717, 1.165) is 6.08 Å². The largest absolute Gasteiger partial charge is 0.488 e. The second kappa shape index (κ2) is 9.19. The summed E-state index contributed by atoms with van der Waals surface area (Å²) in [7, 11) is -1.49. The van der Waals surface area contributed by atoms with Crippen LogP contribution < -0.4 is 11.2 Å². The highest BCUT2D eigenvalue weighted by atomic mass is 16.4. The third kappa shape index (κ3) is 7.08. The first-order valence-electron chi connectivity index (χ1n) is 6.62. The van der Waals surface area contributed by atoms with Crippen molar-refractivity contribution < 1.29 is 24.7 Å². The van der Waals surface area contributed by atoms with E-state index in [-0.39, 0.29) is 5.91 Å². The molecule has 23 heavy (non-hydrogen) atoms. The fraction of sp³-hybridized carbons (Fsp3) is 0. The van der Waals surface area contributed by atoms with Crippen molar-refractivity contribution in [2.75, 3.05) is 0 Å². The molecule has 7 heteroatoms. The Morgan fingerprint density at radius 1 is 0.957 bits per heavy atom. The highest BCUT2D eigenvalue weighted by Crippen LogP contribution is 1.99. The van der Waals surface area contributed by atoms with Crippen LogP contribution in [0.1, 0.15) is 15.9 Å². The number of carbonyl (C=O) groups excluding carboxylic acids is 1. The molecule has 0 fully saturated rings. The molecule has 0 aromatic heterocycles. The molecule has 0 saturated carbocycles. The predicted octanol–water partition coefficient (Wildman–Crippen LogP) is 0.250. The van der Waals surface area contributed by atoms with Crippen LogP contribution in [-0.2, 0) is 4.79 Å². The van der Waals surface area contributed by atoms with Crippen molar-refractivity contribution in [3.8, 4) is 0 Å². The number of carboxylic acid groups (broad SMARTS) is 1. The summed E-state index contributed by atoms with van der Waals surface area (Å²) in [5.74, 6) is -1.40. The molecule has 0 spiro atoms. The summed E-state index contributed by atoms with van der Waals surface area (Å²) >= 11 is 0. The van der Waals surface area contributed by atoms with Crippen molar-refractivity contribution in [1.82, 2.24) is 0 Å². The number of rotatable bonds is 4. The highest BCUT2D eigenvalue weighted by molar-refractivity contribution is 6.58. The van der Waals surface area contributed by atoms with E-state index in [4.69, 9.17) is 20.9 Å². The van der Waals surface area contributed by atoms with Crippen LogP contribution in [0.25, 0.3) is 6.08 Å². The van der Waals surface area contributed by atoms with Gasteiger partial charge in [-0.05, 0) is 29.2 Å². The SMILES string of the molecule is NC(=O)c1ccccc1.O=C(O)C=Cc1ccc(B(O)O)cc1. The number of carboxylic acids is 1. The van der Waals surface area contributed by atoms with Gasteiger partial charge in [0, 0.05) is 11.6 Å². The number of aliphatic carboxylic acids is 1. The van der Waals surface area contributed by atoms with Crippen LogP contribution in [0.2, 0.25) is 0 Å². The van der Waals surface area contributed by atoms with Crippen molar-refractivity contribution in [3.05, 3.63) is 71.8 Å². The van der Waals surface area contributed by atoms with Crippen LogP contribution in [0, 0.1) is 0 Å². The number of benzene rings is 2. The average Bonchev–Trinajstić information content (AvgIpc) is 2.54. The normalized spacial score (nSPS) is 9.83. The molecule has 6 nitrogen and oxygen atoms in total. The average molecular weight is 313 g/mol. The minimum atomic E-state index is -1.49. The number of hydrogen-bond donors (Lipinski definition) is 4. The first kappa shape index (κ1) is 18.2. The molecule has 2 aromatic carbocycles. The number of primary amides is 1. The quantitative estimate of drug-likeness (QED) is 0.476. The van der Waals surface area contributed by atoms with Crippen molar-refractivity contribution in [2.45, 2.75) is 0 Å². The molecule has 0 bridgehead atoms. The monoisotopic (exact) mass is 313 g/mol. The van der Waals surface area contributed by atoms with E-state index in [1.807, 2.05) is 6.07 Å². The second-order valence-electron chi connectivity index (χ2n) is 4.44. The standard InChI is InChI=1S/C9H9BO4.C7H7NO/c11-9(12)6-3-7-1-4-8(5-2-7)10(13)14;8-7(9)6-4-2-1-3-5-6/h1-6,13-14H,(H,11,12);1-5H,(H2,8,9). The molecule has 2 aromatic rings. The lowest BCUT2D eigenvalue weighted by Gasteiger charge is -1.98. The minimum Gasteiger partial charge on any atom is -0.478 e. The van der Waals surface area contributed by atoms with Gasteiger partial charge in [-0.15, -0.1) is 0 Å². The maximum atomic E-state index is 10.4. The number of amides is 1. The summed E-state index contributed by atoms with van der Waals surface area (Å²) in [5.41, 5.74) is 6.59. The van der Waals surface area contributed by atoms with Crippen molar-refractivity contribution in [3.63, 3.8) is 0 Å². The van der Waals surface area contributed by atoms with Crippen LogP contribution in [0.15, 0.2) is 60.7 Å². The zero-order valence-electron chi connectivity index (χ0n) is 12.2. The highest BCUT2D eigenvalue weighted by Gasteiger charge is 2.08. The van der Waals surface area contributed by atoms with Crippen LogP contribution >= 0.6 is 0 Å². The summed E-state index contributed by atoms with van der Waals surface area (Å²) in [4.78, 5) is 20.6. The van der Waals surface area contributed by atoms with Gasteiger partial charge in [0.2, 0.25) is 5.91 Å². The molecule has 0 heterocycles. The van der Waals surface area contributed by atoms with Crippen LogP contribution in [0.3, 0.4) is 0 Å². The van der Waals surface area contributed by atoms with Crippen molar-refractivity contribution in [1.29, 1.82) is 0 Å². The Hall–Kier alpha value is -2.90. The molecule has 5 N–H and O–H groups in total. The molecule has 1 amide bonds. The molecule has 0 unspecified atom stereocenters. The minimum absolute atomic E-state index is 0.373. The summed E-state index contributed by atoms with van der Waals surface area (Å²) in [6.45, 7) is 0. The van der Waals surface area contributed by atoms with Gasteiger partial charge in [-0.2, -0.15) is 0 Å². The number of hydrogen-bond acceptors (Lipinski definition) is 4. The summed E-state index contributed by atoms with van der Waals surface area (Å²) in [6.07, 6.45) is 2.44. The zero-order chi connectivity index (χ0) is 17.2. The first-order valence-corrected chi connectivity index (χ1v) is 6.62. The lowest BCUT2D eigenvalue weighted by Crippen LogP contribution is -2.29. The lowest BCUT2D eigenvalue weighted by molar-refractivity contribution is -0.131. The molecule has 0 saturated heterocycles. The van der Waals surface area contributed by atoms with Crippen molar-refractivity contribution >= 4 is 30.5 Å². The first-order chi connectivity index (χ1) is 10.9. The van der Waals surface area contributed by atoms with Crippen LogP contribution in [0.5, 0.6) is 0 Å². The number of nitrogens with two attached hydrogens (primary N) is 1. The van der Waals surface area contributed by atoms with Gasteiger partial charge >= 0.3 is 13.1 Å². The predicted molar refractivity (Wildman–Crippen MR) is 87.9 cm³/mol. The fourth-order valence-corrected chi connectivity index (χ4v) is 1.55. The Kier molecular flexibility index (Phi) is 7.25. The molecule has 118 valence electrons. The van der Waals surface area contributed by atoms with Gasteiger partial charge in [0.05, 0.1) is 0 Å². The van der Waals surface area contributed by atoms with Gasteiger partial charge in [-0.25, -0.2) is 4.79 Å².